The predicted molar refractivity (Wildman–Crippen MR) is 73.1 cm³/mol. The van der Waals surface area contributed by atoms with Gasteiger partial charge < -0.3 is 10.5 Å². The van der Waals surface area contributed by atoms with Gasteiger partial charge in [-0.25, -0.2) is 13.1 Å². The van der Waals surface area contributed by atoms with Gasteiger partial charge in [0, 0.05) is 19.7 Å². The van der Waals surface area contributed by atoms with Gasteiger partial charge in [-0.05, 0) is 30.9 Å². The molecule has 0 radical (unpaired) electrons. The maximum Gasteiger partial charge on any atom is 0.240 e. The Labute approximate surface area is 114 Å². The molecule has 1 aliphatic rings. The Morgan fingerprint density at radius 2 is 2.16 bits per heavy atom. The molecule has 19 heavy (non-hydrogen) atoms. The van der Waals surface area contributed by atoms with E-state index in [1.807, 2.05) is 0 Å². The minimum absolute atomic E-state index is 0.187. The van der Waals surface area contributed by atoms with Crippen molar-refractivity contribution in [2.45, 2.75) is 36.8 Å². The second-order valence-corrected chi connectivity index (χ2v) is 6.37. The van der Waals surface area contributed by atoms with Crippen molar-refractivity contribution >= 4 is 10.0 Å². The zero-order chi connectivity index (χ0) is 13.7. The van der Waals surface area contributed by atoms with Crippen LogP contribution in [-0.2, 0) is 21.3 Å². The zero-order valence-electron chi connectivity index (χ0n) is 10.8. The molecule has 1 fully saturated rings. The third-order valence-electron chi connectivity index (χ3n) is 3.26. The van der Waals surface area contributed by atoms with Crippen LogP contribution in [0.15, 0.2) is 29.2 Å². The second kappa shape index (κ2) is 6.47. The maximum atomic E-state index is 12.2. The summed E-state index contributed by atoms with van der Waals surface area (Å²) >= 11 is 0. The molecule has 106 valence electrons. The van der Waals surface area contributed by atoms with Crippen LogP contribution in [-0.4, -0.2) is 27.7 Å². The lowest BCUT2D eigenvalue weighted by Crippen LogP contribution is -2.28. The fourth-order valence-corrected chi connectivity index (χ4v) is 3.54. The first-order valence-corrected chi connectivity index (χ1v) is 8.01. The molecule has 1 aliphatic heterocycles. The largest absolute Gasteiger partial charge is 0.378 e. The fraction of sp³-hybridized carbons (Fsp3) is 0.538. The number of rotatable bonds is 6. The Balaban J connectivity index is 1.97. The topological polar surface area (TPSA) is 81.4 Å². The van der Waals surface area contributed by atoms with Crippen LogP contribution in [0.1, 0.15) is 24.8 Å². The molecule has 1 heterocycles. The van der Waals surface area contributed by atoms with Crippen molar-refractivity contribution in [3.05, 3.63) is 29.8 Å². The summed E-state index contributed by atoms with van der Waals surface area (Å²) in [4.78, 5) is 0.268. The molecule has 3 N–H and O–H groups in total. The van der Waals surface area contributed by atoms with Gasteiger partial charge in [0.2, 0.25) is 10.0 Å². The summed E-state index contributed by atoms with van der Waals surface area (Å²) in [6.45, 7) is 1.39. The molecule has 0 saturated carbocycles. The van der Waals surface area contributed by atoms with E-state index in [0.717, 1.165) is 19.4 Å². The van der Waals surface area contributed by atoms with Gasteiger partial charge >= 0.3 is 0 Å². The highest BCUT2D eigenvalue weighted by molar-refractivity contribution is 7.89. The number of benzene rings is 1. The Bertz CT molecular complexity index is 510. The van der Waals surface area contributed by atoms with Crippen LogP contribution in [0.4, 0.5) is 0 Å². The lowest BCUT2D eigenvalue weighted by atomic mass is 10.2. The van der Waals surface area contributed by atoms with Crippen molar-refractivity contribution < 1.29 is 13.2 Å². The van der Waals surface area contributed by atoms with Crippen LogP contribution in [0.3, 0.4) is 0 Å². The van der Waals surface area contributed by atoms with E-state index in [9.17, 15) is 8.42 Å². The summed E-state index contributed by atoms with van der Waals surface area (Å²) in [7, 11) is -3.48. The van der Waals surface area contributed by atoms with E-state index in [2.05, 4.69) is 4.72 Å². The first-order chi connectivity index (χ1) is 9.13. The van der Waals surface area contributed by atoms with Gasteiger partial charge in [-0.2, -0.15) is 0 Å². The van der Waals surface area contributed by atoms with Crippen molar-refractivity contribution in [1.82, 2.24) is 4.72 Å². The SMILES string of the molecule is NCc1ccccc1S(=O)(=O)NCCC1CCCO1. The van der Waals surface area contributed by atoms with Gasteiger partial charge in [0.15, 0.2) is 0 Å². The van der Waals surface area contributed by atoms with Crippen LogP contribution < -0.4 is 10.5 Å². The summed E-state index contributed by atoms with van der Waals surface area (Å²) in [5.41, 5.74) is 6.19. The lowest BCUT2D eigenvalue weighted by molar-refractivity contribution is 0.105. The zero-order valence-corrected chi connectivity index (χ0v) is 11.7. The monoisotopic (exact) mass is 284 g/mol. The molecule has 1 aromatic carbocycles. The fourth-order valence-electron chi connectivity index (χ4n) is 2.24. The van der Waals surface area contributed by atoms with Crippen LogP contribution in [0.5, 0.6) is 0 Å². The Morgan fingerprint density at radius 1 is 1.37 bits per heavy atom. The standard InChI is InChI=1S/C13H20N2O3S/c14-10-11-4-1-2-6-13(11)19(16,17)15-8-7-12-5-3-9-18-12/h1-2,4,6,12,15H,3,5,7-10,14H2. The van der Waals surface area contributed by atoms with Gasteiger partial charge in [-0.15, -0.1) is 0 Å². The minimum Gasteiger partial charge on any atom is -0.378 e. The van der Waals surface area contributed by atoms with E-state index in [4.69, 9.17) is 10.5 Å². The van der Waals surface area contributed by atoms with E-state index in [1.54, 1.807) is 24.3 Å². The molecule has 1 aromatic rings. The van der Waals surface area contributed by atoms with E-state index in [1.165, 1.54) is 0 Å². The van der Waals surface area contributed by atoms with E-state index in [0.29, 0.717) is 18.5 Å². The van der Waals surface area contributed by atoms with Gasteiger partial charge in [0.25, 0.3) is 0 Å². The normalized spacial score (nSPS) is 19.7. The summed E-state index contributed by atoms with van der Waals surface area (Å²) in [5, 5.41) is 0. The highest BCUT2D eigenvalue weighted by atomic mass is 32.2. The molecule has 0 spiro atoms. The van der Waals surface area contributed by atoms with Gasteiger partial charge in [-0.1, -0.05) is 18.2 Å². The molecular formula is C13H20N2O3S. The average Bonchev–Trinajstić information content (AvgIpc) is 2.91. The molecule has 6 heteroatoms. The first kappa shape index (κ1) is 14.5. The molecular weight excluding hydrogens is 264 g/mol. The van der Waals surface area contributed by atoms with Crippen molar-refractivity contribution in [3.63, 3.8) is 0 Å². The number of sulfonamides is 1. The van der Waals surface area contributed by atoms with Crippen LogP contribution >= 0.6 is 0 Å². The molecule has 0 aromatic heterocycles. The Kier molecular flexibility index (Phi) is 4.93. The highest BCUT2D eigenvalue weighted by Crippen LogP contribution is 2.17. The first-order valence-electron chi connectivity index (χ1n) is 6.53. The number of hydrogen-bond acceptors (Lipinski definition) is 4. The maximum absolute atomic E-state index is 12.2. The molecule has 2 rings (SSSR count). The second-order valence-electron chi connectivity index (χ2n) is 4.63. The van der Waals surface area contributed by atoms with Crippen LogP contribution in [0, 0.1) is 0 Å². The summed E-state index contributed by atoms with van der Waals surface area (Å²) < 4.78 is 32.4. The van der Waals surface area contributed by atoms with Crippen molar-refractivity contribution in [3.8, 4) is 0 Å². The Hall–Kier alpha value is -0.950. The van der Waals surface area contributed by atoms with Gasteiger partial charge in [-0.3, -0.25) is 0 Å². The van der Waals surface area contributed by atoms with E-state index >= 15 is 0 Å². The molecule has 1 saturated heterocycles. The summed E-state index contributed by atoms with van der Waals surface area (Å²) in [6.07, 6.45) is 2.98. The smallest absolute Gasteiger partial charge is 0.240 e. The summed E-state index contributed by atoms with van der Waals surface area (Å²) in [5.74, 6) is 0. The molecule has 1 atom stereocenters. The Morgan fingerprint density at radius 3 is 2.84 bits per heavy atom. The van der Waals surface area contributed by atoms with E-state index < -0.39 is 10.0 Å². The quantitative estimate of drug-likeness (QED) is 0.816. The predicted octanol–water partition coefficient (Wildman–Crippen LogP) is 0.993. The van der Waals surface area contributed by atoms with Crippen molar-refractivity contribution in [1.29, 1.82) is 0 Å². The van der Waals surface area contributed by atoms with Crippen molar-refractivity contribution in [2.75, 3.05) is 13.2 Å². The molecule has 0 amide bonds. The van der Waals surface area contributed by atoms with E-state index in [-0.39, 0.29) is 17.5 Å². The van der Waals surface area contributed by atoms with Crippen LogP contribution in [0.25, 0.3) is 0 Å². The third kappa shape index (κ3) is 3.76. The highest BCUT2D eigenvalue weighted by Gasteiger charge is 2.19. The number of nitrogens with two attached hydrogens (primary N) is 1. The molecule has 1 unspecified atom stereocenters. The van der Waals surface area contributed by atoms with Crippen molar-refractivity contribution in [2.24, 2.45) is 5.73 Å². The number of ether oxygens (including phenoxy) is 1. The number of hydrogen-bond donors (Lipinski definition) is 2. The molecule has 0 bridgehead atoms. The molecule has 5 nitrogen and oxygen atoms in total. The molecule has 0 aliphatic carbocycles. The average molecular weight is 284 g/mol. The summed E-state index contributed by atoms with van der Waals surface area (Å²) in [6, 6.07) is 6.80. The van der Waals surface area contributed by atoms with Crippen LogP contribution in [0.2, 0.25) is 0 Å². The minimum atomic E-state index is -3.48. The van der Waals surface area contributed by atoms with Gasteiger partial charge in [0.1, 0.15) is 0 Å². The lowest BCUT2D eigenvalue weighted by Gasteiger charge is -2.12. The van der Waals surface area contributed by atoms with Gasteiger partial charge in [0.05, 0.1) is 11.0 Å². The number of nitrogens with one attached hydrogen (secondary N) is 1. The third-order valence-corrected chi connectivity index (χ3v) is 4.83.